The molecule has 0 amide bonds. The molecule has 0 unspecified atom stereocenters. The van der Waals surface area contributed by atoms with Crippen LogP contribution in [0.15, 0.2) is 0 Å². The van der Waals surface area contributed by atoms with E-state index >= 15 is 0 Å². The molecule has 0 rings (SSSR count). The number of thiocarbonyl (C=S) groups is 2. The van der Waals surface area contributed by atoms with Crippen molar-refractivity contribution >= 4 is 58.5 Å². The Kier molecular flexibility index (Phi) is 6.04. The molecule has 0 aliphatic heterocycles. The molecule has 0 aromatic heterocycles. The van der Waals surface area contributed by atoms with Crippen molar-refractivity contribution in [3.8, 4) is 0 Å². The first-order valence-electron chi connectivity index (χ1n) is 4.39. The molecule has 0 aromatic rings. The van der Waals surface area contributed by atoms with Crippen molar-refractivity contribution < 1.29 is 19.3 Å². The molecule has 0 bridgehead atoms. The summed E-state index contributed by atoms with van der Waals surface area (Å²) >= 11 is 8.83. The topological polar surface area (TPSA) is 211 Å². The van der Waals surface area contributed by atoms with Crippen LogP contribution in [-0.4, -0.2) is 44.2 Å². The van der Waals surface area contributed by atoms with Crippen LogP contribution in [0, 0.1) is 10.8 Å². The minimum atomic E-state index is -1.66. The van der Waals surface area contributed by atoms with Gasteiger partial charge in [0, 0.05) is 0 Å². The minimum absolute atomic E-state index is 0.192. The molecular weight excluding hydrogens is 312 g/mol. The third-order valence-corrected chi connectivity index (χ3v) is 1.68. The Hall–Kier alpha value is -2.74. The molecular formula is C6H10N8O4S2. The van der Waals surface area contributed by atoms with Crippen LogP contribution >= 0.6 is 24.4 Å². The van der Waals surface area contributed by atoms with E-state index in [9.17, 15) is 9.59 Å². The molecule has 20 heavy (non-hydrogen) atoms. The van der Waals surface area contributed by atoms with Crippen molar-refractivity contribution in [1.82, 2.24) is 10.1 Å². The maximum absolute atomic E-state index is 11.3. The second kappa shape index (κ2) is 7.00. The SMILES string of the molecule is N=C(N)N(OC(=O)C(=O)ON(C(=N)N)C(N)=S)C(N)=S. The van der Waals surface area contributed by atoms with Crippen LogP contribution in [0.25, 0.3) is 0 Å². The summed E-state index contributed by atoms with van der Waals surface area (Å²) in [6, 6.07) is 0. The number of nitrogens with two attached hydrogens (primary N) is 4. The van der Waals surface area contributed by atoms with Crippen molar-refractivity contribution in [3.63, 3.8) is 0 Å². The molecule has 0 radical (unpaired) electrons. The van der Waals surface area contributed by atoms with Gasteiger partial charge in [-0.05, 0) is 24.4 Å². The van der Waals surface area contributed by atoms with E-state index in [1.165, 1.54) is 0 Å². The predicted octanol–water partition coefficient (Wildman–Crippen LogP) is -3.22. The fraction of sp³-hybridized carbons (Fsp3) is 0. The smallest absolute Gasteiger partial charge is 0.373 e. The number of hydrogen-bond donors (Lipinski definition) is 6. The van der Waals surface area contributed by atoms with Crippen LogP contribution in [0.2, 0.25) is 0 Å². The maximum Gasteiger partial charge on any atom is 0.444 e. The lowest BCUT2D eigenvalue weighted by Crippen LogP contribution is -2.49. The third kappa shape index (κ3) is 4.86. The number of hydroxylamine groups is 4. The van der Waals surface area contributed by atoms with Gasteiger partial charge in [0.15, 0.2) is 0 Å². The molecule has 0 saturated heterocycles. The van der Waals surface area contributed by atoms with Crippen LogP contribution in [0.5, 0.6) is 0 Å². The predicted molar refractivity (Wildman–Crippen MR) is 73.3 cm³/mol. The second-order valence-electron chi connectivity index (χ2n) is 2.79. The number of rotatable bonds is 0. The van der Waals surface area contributed by atoms with Crippen LogP contribution < -0.4 is 22.9 Å². The molecule has 110 valence electrons. The molecule has 14 heteroatoms. The highest BCUT2D eigenvalue weighted by atomic mass is 32.1. The molecule has 12 nitrogen and oxygen atoms in total. The van der Waals surface area contributed by atoms with Gasteiger partial charge in [0.2, 0.25) is 22.1 Å². The van der Waals surface area contributed by atoms with Gasteiger partial charge in [-0.15, -0.1) is 10.1 Å². The van der Waals surface area contributed by atoms with E-state index in [1.54, 1.807) is 0 Å². The fourth-order valence-corrected chi connectivity index (χ4v) is 0.937. The lowest BCUT2D eigenvalue weighted by molar-refractivity contribution is -0.189. The van der Waals surface area contributed by atoms with Gasteiger partial charge in [0.05, 0.1) is 0 Å². The van der Waals surface area contributed by atoms with Gasteiger partial charge in [0.25, 0.3) is 0 Å². The quantitative estimate of drug-likeness (QED) is 0.0854. The molecule has 10 N–H and O–H groups in total. The molecule has 0 atom stereocenters. The highest BCUT2D eigenvalue weighted by Gasteiger charge is 2.28. The second-order valence-corrected chi connectivity index (χ2v) is 3.63. The summed E-state index contributed by atoms with van der Waals surface area (Å²) < 4.78 is 0. The summed E-state index contributed by atoms with van der Waals surface area (Å²) in [6.07, 6.45) is 0. The summed E-state index contributed by atoms with van der Waals surface area (Å²) in [5.41, 5.74) is 20.2. The number of hydrogen-bond acceptors (Lipinski definition) is 8. The third-order valence-electron chi connectivity index (χ3n) is 1.35. The molecule has 0 aliphatic rings. The van der Waals surface area contributed by atoms with E-state index < -0.39 is 34.1 Å². The van der Waals surface area contributed by atoms with Gasteiger partial charge in [-0.2, -0.15) is 0 Å². The van der Waals surface area contributed by atoms with E-state index in [-0.39, 0.29) is 10.1 Å². The lowest BCUT2D eigenvalue weighted by Gasteiger charge is -2.20. The number of nitrogens with zero attached hydrogens (tertiary/aromatic N) is 2. The summed E-state index contributed by atoms with van der Waals surface area (Å²) in [5.74, 6) is -5.01. The normalized spacial score (nSPS) is 9.00. The molecule has 0 heterocycles. The van der Waals surface area contributed by atoms with Crippen LogP contribution in [0.4, 0.5) is 0 Å². The highest BCUT2D eigenvalue weighted by Crippen LogP contribution is 1.96. The zero-order valence-electron chi connectivity index (χ0n) is 9.65. The van der Waals surface area contributed by atoms with E-state index in [0.717, 1.165) is 0 Å². The number of nitrogens with one attached hydrogen (secondary N) is 2. The Morgan fingerprint density at radius 1 is 0.800 bits per heavy atom. The average molecular weight is 322 g/mol. The molecule has 0 spiro atoms. The molecule has 0 saturated carbocycles. The summed E-state index contributed by atoms with van der Waals surface area (Å²) in [5, 5.41) is 13.2. The van der Waals surface area contributed by atoms with Crippen molar-refractivity contribution in [1.29, 1.82) is 10.8 Å². The van der Waals surface area contributed by atoms with Crippen LogP contribution in [0.1, 0.15) is 0 Å². The first-order chi connectivity index (χ1) is 9.07. The fourth-order valence-electron chi connectivity index (χ4n) is 0.666. The van der Waals surface area contributed by atoms with Crippen molar-refractivity contribution in [2.45, 2.75) is 0 Å². The Balaban J connectivity index is 4.83. The van der Waals surface area contributed by atoms with Crippen molar-refractivity contribution in [3.05, 3.63) is 0 Å². The zero-order chi connectivity index (χ0) is 16.0. The number of carbonyl (C=O) groups excluding carboxylic acids is 2. The molecule has 0 aliphatic carbocycles. The average Bonchev–Trinajstić information content (AvgIpc) is 2.30. The molecule has 0 aromatic carbocycles. The van der Waals surface area contributed by atoms with Gasteiger partial charge in [-0.25, -0.2) is 9.59 Å². The van der Waals surface area contributed by atoms with Gasteiger partial charge in [-0.1, -0.05) is 0 Å². The first-order valence-corrected chi connectivity index (χ1v) is 5.21. The first kappa shape index (κ1) is 17.3. The van der Waals surface area contributed by atoms with Crippen molar-refractivity contribution in [2.24, 2.45) is 22.9 Å². The van der Waals surface area contributed by atoms with E-state index in [2.05, 4.69) is 34.1 Å². The van der Waals surface area contributed by atoms with Crippen molar-refractivity contribution in [2.75, 3.05) is 0 Å². The van der Waals surface area contributed by atoms with Crippen LogP contribution in [0.3, 0.4) is 0 Å². The monoisotopic (exact) mass is 322 g/mol. The largest absolute Gasteiger partial charge is 0.444 e. The Morgan fingerprint density at radius 3 is 1.20 bits per heavy atom. The maximum atomic E-state index is 11.3. The van der Waals surface area contributed by atoms with E-state index in [0.29, 0.717) is 0 Å². The number of guanidine groups is 2. The summed E-state index contributed by atoms with van der Waals surface area (Å²) in [6.45, 7) is 0. The lowest BCUT2D eigenvalue weighted by atomic mass is 10.7. The van der Waals surface area contributed by atoms with E-state index in [4.69, 9.17) is 33.8 Å². The highest BCUT2D eigenvalue weighted by molar-refractivity contribution is 7.80. The minimum Gasteiger partial charge on any atom is -0.373 e. The Labute approximate surface area is 122 Å². The van der Waals surface area contributed by atoms with Crippen LogP contribution in [-0.2, 0) is 19.3 Å². The zero-order valence-corrected chi connectivity index (χ0v) is 11.3. The standard InChI is InChI=1S/C6H10N8O4S2/c7-3(8)13(5(11)19)17-1(15)2(16)18-14(4(9)10)6(12)20/h(H3,7,8)(H3,9,10)(H2,11,19)(H2,12,20). The van der Waals surface area contributed by atoms with E-state index in [1.807, 2.05) is 0 Å². The number of carbonyl (C=O) groups is 2. The molecule has 0 fully saturated rings. The van der Waals surface area contributed by atoms with Gasteiger partial charge in [0.1, 0.15) is 0 Å². The van der Waals surface area contributed by atoms with Gasteiger partial charge < -0.3 is 32.6 Å². The summed E-state index contributed by atoms with van der Waals surface area (Å²) in [7, 11) is 0. The van der Waals surface area contributed by atoms with Gasteiger partial charge >= 0.3 is 11.9 Å². The van der Waals surface area contributed by atoms with Gasteiger partial charge in [-0.3, -0.25) is 10.8 Å². The Bertz CT molecular complexity index is 421. The summed E-state index contributed by atoms with van der Waals surface area (Å²) in [4.78, 5) is 31.2. The Morgan fingerprint density at radius 2 is 1.05 bits per heavy atom.